The van der Waals surface area contributed by atoms with E-state index in [-0.39, 0.29) is 18.1 Å². The summed E-state index contributed by atoms with van der Waals surface area (Å²) in [5.41, 5.74) is 0.464. The fraction of sp³-hybridized carbons (Fsp3) is 0.417. The molecule has 1 fully saturated rings. The molecule has 0 unspecified atom stereocenters. The van der Waals surface area contributed by atoms with Gasteiger partial charge in [0.25, 0.3) is 0 Å². The highest BCUT2D eigenvalue weighted by molar-refractivity contribution is 9.10. The number of halogens is 2. The Labute approximate surface area is 103 Å². The van der Waals surface area contributed by atoms with Crippen molar-refractivity contribution in [3.8, 4) is 0 Å². The van der Waals surface area contributed by atoms with Gasteiger partial charge in [-0.3, -0.25) is 4.79 Å². The molecule has 2 nitrogen and oxygen atoms in total. The number of benzene rings is 1. The highest BCUT2D eigenvalue weighted by atomic mass is 79.9. The first kappa shape index (κ1) is 11.6. The first-order chi connectivity index (χ1) is 7.66. The third kappa shape index (κ3) is 2.61. The van der Waals surface area contributed by atoms with Crippen molar-refractivity contribution in [3.05, 3.63) is 34.1 Å². The van der Waals surface area contributed by atoms with Crippen LogP contribution in [0.25, 0.3) is 0 Å². The van der Waals surface area contributed by atoms with E-state index in [9.17, 15) is 9.18 Å². The fourth-order valence-corrected chi connectivity index (χ4v) is 2.33. The number of hydrogen-bond donors (Lipinski definition) is 0. The first-order valence-electron chi connectivity index (χ1n) is 5.38. The van der Waals surface area contributed by atoms with Crippen LogP contribution in [-0.4, -0.2) is 23.9 Å². The van der Waals surface area contributed by atoms with E-state index in [1.165, 1.54) is 6.07 Å². The molecule has 16 heavy (non-hydrogen) atoms. The SMILES string of the molecule is O=C(Cc1cc(Br)ccc1F)N1CCCC1. The Kier molecular flexibility index (Phi) is 3.59. The van der Waals surface area contributed by atoms with E-state index in [0.717, 1.165) is 30.4 Å². The van der Waals surface area contributed by atoms with E-state index in [1.54, 1.807) is 17.0 Å². The molecule has 1 aromatic rings. The molecule has 1 aliphatic rings. The lowest BCUT2D eigenvalue weighted by atomic mass is 10.1. The highest BCUT2D eigenvalue weighted by Crippen LogP contribution is 2.17. The van der Waals surface area contributed by atoms with Gasteiger partial charge in [0, 0.05) is 17.6 Å². The van der Waals surface area contributed by atoms with Gasteiger partial charge in [-0.1, -0.05) is 15.9 Å². The Morgan fingerprint density at radius 1 is 1.38 bits per heavy atom. The molecule has 1 amide bonds. The Bertz CT molecular complexity index is 402. The van der Waals surface area contributed by atoms with E-state index in [1.807, 2.05) is 0 Å². The largest absolute Gasteiger partial charge is 0.342 e. The lowest BCUT2D eigenvalue weighted by Crippen LogP contribution is -2.29. The number of hydrogen-bond acceptors (Lipinski definition) is 1. The second-order valence-corrected chi connectivity index (χ2v) is 4.92. The third-order valence-corrected chi connectivity index (χ3v) is 3.30. The molecule has 1 heterocycles. The average Bonchev–Trinajstić information content (AvgIpc) is 2.76. The number of amides is 1. The molecule has 1 saturated heterocycles. The summed E-state index contributed by atoms with van der Waals surface area (Å²) in [4.78, 5) is 13.6. The van der Waals surface area contributed by atoms with Gasteiger partial charge < -0.3 is 4.90 Å². The minimum atomic E-state index is -0.309. The molecule has 0 atom stereocenters. The van der Waals surface area contributed by atoms with Gasteiger partial charge in [0.2, 0.25) is 5.91 Å². The fourth-order valence-electron chi connectivity index (χ4n) is 1.92. The maximum Gasteiger partial charge on any atom is 0.227 e. The Morgan fingerprint density at radius 2 is 2.06 bits per heavy atom. The van der Waals surface area contributed by atoms with E-state index in [4.69, 9.17) is 0 Å². The van der Waals surface area contributed by atoms with Crippen molar-refractivity contribution in [2.75, 3.05) is 13.1 Å². The quantitative estimate of drug-likeness (QED) is 0.818. The molecule has 0 aromatic heterocycles. The molecule has 0 aliphatic carbocycles. The van der Waals surface area contributed by atoms with Crippen molar-refractivity contribution < 1.29 is 9.18 Å². The monoisotopic (exact) mass is 285 g/mol. The zero-order valence-electron chi connectivity index (χ0n) is 8.88. The highest BCUT2D eigenvalue weighted by Gasteiger charge is 2.19. The molecular weight excluding hydrogens is 273 g/mol. The first-order valence-corrected chi connectivity index (χ1v) is 6.18. The molecule has 1 aliphatic heterocycles. The minimum Gasteiger partial charge on any atom is -0.342 e. The summed E-state index contributed by atoms with van der Waals surface area (Å²) < 4.78 is 14.2. The summed E-state index contributed by atoms with van der Waals surface area (Å²) in [6.07, 6.45) is 2.28. The van der Waals surface area contributed by atoms with E-state index in [0.29, 0.717) is 5.56 Å². The lowest BCUT2D eigenvalue weighted by Gasteiger charge is -2.15. The topological polar surface area (TPSA) is 20.3 Å². The van der Waals surface area contributed by atoms with Crippen LogP contribution < -0.4 is 0 Å². The van der Waals surface area contributed by atoms with E-state index in [2.05, 4.69) is 15.9 Å². The van der Waals surface area contributed by atoms with Gasteiger partial charge in [-0.05, 0) is 36.6 Å². The average molecular weight is 286 g/mol. The molecule has 1 aromatic carbocycles. The number of rotatable bonds is 2. The van der Waals surface area contributed by atoms with Crippen LogP contribution in [0.15, 0.2) is 22.7 Å². The van der Waals surface area contributed by atoms with Crippen molar-refractivity contribution in [3.63, 3.8) is 0 Å². The second kappa shape index (κ2) is 4.95. The van der Waals surface area contributed by atoms with Crippen molar-refractivity contribution in [2.45, 2.75) is 19.3 Å². The number of likely N-dealkylation sites (tertiary alicyclic amines) is 1. The van der Waals surface area contributed by atoms with Crippen LogP contribution in [0.5, 0.6) is 0 Å². The summed E-state index contributed by atoms with van der Waals surface area (Å²) in [5.74, 6) is -0.287. The van der Waals surface area contributed by atoms with Gasteiger partial charge in [-0.2, -0.15) is 0 Å². The van der Waals surface area contributed by atoms with Crippen LogP contribution in [0, 0.1) is 5.82 Å². The molecule has 4 heteroatoms. The van der Waals surface area contributed by atoms with Crippen molar-refractivity contribution in [1.29, 1.82) is 0 Å². The standard InChI is InChI=1S/C12H13BrFNO/c13-10-3-4-11(14)9(7-10)8-12(16)15-5-1-2-6-15/h3-4,7H,1-2,5-6,8H2. The molecule has 0 radical (unpaired) electrons. The minimum absolute atomic E-state index is 0.0227. The smallest absolute Gasteiger partial charge is 0.227 e. The van der Waals surface area contributed by atoms with Crippen LogP contribution >= 0.6 is 15.9 Å². The van der Waals surface area contributed by atoms with E-state index >= 15 is 0 Å². The van der Waals surface area contributed by atoms with Crippen molar-refractivity contribution >= 4 is 21.8 Å². The predicted octanol–water partition coefficient (Wildman–Crippen LogP) is 2.75. The van der Waals surface area contributed by atoms with Gasteiger partial charge >= 0.3 is 0 Å². The van der Waals surface area contributed by atoms with Gasteiger partial charge in [0.05, 0.1) is 6.42 Å². The Morgan fingerprint density at radius 3 is 2.75 bits per heavy atom. The second-order valence-electron chi connectivity index (χ2n) is 4.00. The summed E-state index contributed by atoms with van der Waals surface area (Å²) in [6, 6.07) is 4.69. The van der Waals surface area contributed by atoms with Crippen LogP contribution in [0.4, 0.5) is 4.39 Å². The molecule has 86 valence electrons. The summed E-state index contributed by atoms with van der Waals surface area (Å²) >= 11 is 3.28. The van der Waals surface area contributed by atoms with Gasteiger partial charge in [-0.25, -0.2) is 4.39 Å². The van der Waals surface area contributed by atoms with Gasteiger partial charge in [-0.15, -0.1) is 0 Å². The summed E-state index contributed by atoms with van der Waals surface area (Å²) in [5, 5.41) is 0. The maximum absolute atomic E-state index is 13.4. The summed E-state index contributed by atoms with van der Waals surface area (Å²) in [6.45, 7) is 1.63. The van der Waals surface area contributed by atoms with Crippen molar-refractivity contribution in [1.82, 2.24) is 4.90 Å². The van der Waals surface area contributed by atoms with Crippen molar-refractivity contribution in [2.24, 2.45) is 0 Å². The lowest BCUT2D eigenvalue weighted by molar-refractivity contribution is -0.129. The normalized spacial score (nSPS) is 15.5. The van der Waals surface area contributed by atoms with Crippen LogP contribution in [0.2, 0.25) is 0 Å². The Hall–Kier alpha value is -0.900. The third-order valence-electron chi connectivity index (χ3n) is 2.81. The number of nitrogens with zero attached hydrogens (tertiary/aromatic N) is 1. The zero-order valence-corrected chi connectivity index (χ0v) is 10.5. The molecule has 0 N–H and O–H groups in total. The zero-order chi connectivity index (χ0) is 11.5. The van der Waals surface area contributed by atoms with Crippen LogP contribution in [0.1, 0.15) is 18.4 Å². The predicted molar refractivity (Wildman–Crippen MR) is 63.6 cm³/mol. The maximum atomic E-state index is 13.4. The molecule has 2 rings (SSSR count). The number of carbonyl (C=O) groups is 1. The van der Waals surface area contributed by atoms with Gasteiger partial charge in [0.1, 0.15) is 5.82 Å². The van der Waals surface area contributed by atoms with Crippen LogP contribution in [-0.2, 0) is 11.2 Å². The Balaban J connectivity index is 2.07. The molecule has 0 spiro atoms. The van der Waals surface area contributed by atoms with Gasteiger partial charge in [0.15, 0.2) is 0 Å². The number of carbonyl (C=O) groups excluding carboxylic acids is 1. The summed E-state index contributed by atoms with van der Waals surface area (Å²) in [7, 11) is 0. The molecule has 0 bridgehead atoms. The molecule has 0 saturated carbocycles. The van der Waals surface area contributed by atoms with E-state index < -0.39 is 0 Å². The molecular formula is C12H13BrFNO. The van der Waals surface area contributed by atoms with Crippen LogP contribution in [0.3, 0.4) is 0 Å².